The molecule has 0 heterocycles. The van der Waals surface area contributed by atoms with E-state index in [-0.39, 0.29) is 0 Å². The maximum atomic E-state index is 11.0. The van der Waals surface area contributed by atoms with E-state index in [1.165, 1.54) is 5.56 Å². The van der Waals surface area contributed by atoms with Crippen molar-refractivity contribution in [2.75, 3.05) is 6.26 Å². The van der Waals surface area contributed by atoms with E-state index in [2.05, 4.69) is 22.9 Å². The maximum absolute atomic E-state index is 11.0. The van der Waals surface area contributed by atoms with Gasteiger partial charge in [-0.1, -0.05) is 28.1 Å². The third kappa shape index (κ3) is 2.51. The molecule has 0 aliphatic heterocycles. The minimum atomic E-state index is -0.866. The Balaban J connectivity index is 2.86. The highest BCUT2D eigenvalue weighted by molar-refractivity contribution is 9.09. The number of alkyl halides is 1. The van der Waals surface area contributed by atoms with Crippen LogP contribution in [0.3, 0.4) is 0 Å². The summed E-state index contributed by atoms with van der Waals surface area (Å²) in [7, 11) is 0. The van der Waals surface area contributed by atoms with Gasteiger partial charge in [0.2, 0.25) is 0 Å². The first-order valence-corrected chi connectivity index (χ1v) is 6.16. The van der Waals surface area contributed by atoms with Crippen molar-refractivity contribution in [2.45, 2.75) is 16.6 Å². The van der Waals surface area contributed by atoms with Gasteiger partial charge in [-0.15, -0.1) is 0 Å². The van der Waals surface area contributed by atoms with E-state index in [0.29, 0.717) is 4.83 Å². The van der Waals surface area contributed by atoms with Gasteiger partial charge in [0.1, 0.15) is 6.26 Å². The standard InChI is InChI=1S/C9H11BrOS/c1-7(10)8-3-5-9(6-4-8)12(2)11/h3-7H,1-2H3. The Hall–Kier alpha value is 0.01000. The van der Waals surface area contributed by atoms with E-state index < -0.39 is 11.2 Å². The van der Waals surface area contributed by atoms with Crippen molar-refractivity contribution >= 4 is 27.1 Å². The van der Waals surface area contributed by atoms with Crippen LogP contribution in [0.2, 0.25) is 0 Å². The third-order valence-electron chi connectivity index (χ3n) is 1.67. The smallest absolute Gasteiger partial charge is 0.152 e. The summed E-state index contributed by atoms with van der Waals surface area (Å²) in [6.07, 6.45) is 1.69. The lowest BCUT2D eigenvalue weighted by Crippen LogP contribution is -1.96. The number of hydrogen-bond acceptors (Lipinski definition) is 1. The van der Waals surface area contributed by atoms with Crippen molar-refractivity contribution in [3.8, 4) is 0 Å². The number of halogens is 1. The lowest BCUT2D eigenvalue weighted by molar-refractivity contribution is 0.601. The van der Waals surface area contributed by atoms with Crippen LogP contribution in [0.1, 0.15) is 17.3 Å². The highest BCUT2D eigenvalue weighted by atomic mass is 79.9. The monoisotopic (exact) mass is 246 g/mol. The quantitative estimate of drug-likeness (QED) is 0.582. The zero-order valence-corrected chi connectivity index (χ0v) is 9.48. The Labute approximate surface area is 84.5 Å². The molecule has 0 saturated heterocycles. The molecule has 0 fully saturated rings. The highest BCUT2D eigenvalue weighted by Gasteiger charge is 2.04. The van der Waals surface area contributed by atoms with Crippen LogP contribution >= 0.6 is 15.9 Å². The fourth-order valence-corrected chi connectivity index (χ4v) is 1.75. The molecule has 0 saturated carbocycles. The molecule has 0 aliphatic carbocycles. The van der Waals surface area contributed by atoms with Crippen LogP contribution in [-0.2, 0) is 11.2 Å². The molecule has 2 unspecified atom stereocenters. The SMILES string of the molecule is CC(Br)c1ccc([S+](C)[O-])cc1. The molecule has 0 aromatic heterocycles. The first kappa shape index (κ1) is 10.1. The van der Waals surface area contributed by atoms with E-state index in [1.54, 1.807) is 6.26 Å². The molecule has 0 amide bonds. The molecule has 1 rings (SSSR count). The average Bonchev–Trinajstić information content (AvgIpc) is 2.04. The number of rotatable bonds is 2. The zero-order chi connectivity index (χ0) is 9.14. The lowest BCUT2D eigenvalue weighted by Gasteiger charge is -2.06. The van der Waals surface area contributed by atoms with Crippen molar-refractivity contribution in [1.29, 1.82) is 0 Å². The van der Waals surface area contributed by atoms with Gasteiger partial charge in [0, 0.05) is 4.83 Å². The Kier molecular flexibility index (Phi) is 3.62. The summed E-state index contributed by atoms with van der Waals surface area (Å²) < 4.78 is 11.0. The first-order chi connectivity index (χ1) is 5.61. The summed E-state index contributed by atoms with van der Waals surface area (Å²) in [6.45, 7) is 2.07. The molecule has 1 aromatic carbocycles. The average molecular weight is 247 g/mol. The van der Waals surface area contributed by atoms with Gasteiger partial charge in [0.15, 0.2) is 4.90 Å². The molecule has 0 bridgehead atoms. The Morgan fingerprint density at radius 2 is 1.83 bits per heavy atom. The lowest BCUT2D eigenvalue weighted by atomic mass is 10.2. The van der Waals surface area contributed by atoms with Crippen LogP contribution in [0, 0.1) is 0 Å². The summed E-state index contributed by atoms with van der Waals surface area (Å²) in [5.41, 5.74) is 1.21. The Morgan fingerprint density at radius 3 is 2.17 bits per heavy atom. The molecule has 3 heteroatoms. The molecule has 12 heavy (non-hydrogen) atoms. The normalized spacial score (nSPS) is 15.7. The molecular formula is C9H11BrOS. The predicted molar refractivity (Wildman–Crippen MR) is 56.1 cm³/mol. The molecule has 2 atom stereocenters. The predicted octanol–water partition coefficient (Wildman–Crippen LogP) is 2.88. The second-order valence-corrected chi connectivity index (χ2v) is 5.39. The highest BCUT2D eigenvalue weighted by Crippen LogP contribution is 2.22. The van der Waals surface area contributed by atoms with Crippen molar-refractivity contribution < 1.29 is 4.55 Å². The fourth-order valence-electron chi connectivity index (χ4n) is 0.925. The van der Waals surface area contributed by atoms with Crippen LogP contribution < -0.4 is 0 Å². The minimum Gasteiger partial charge on any atom is -0.612 e. The van der Waals surface area contributed by atoms with Crippen LogP contribution in [0.4, 0.5) is 0 Å². The van der Waals surface area contributed by atoms with Crippen molar-refractivity contribution in [3.63, 3.8) is 0 Å². The molecule has 66 valence electrons. The van der Waals surface area contributed by atoms with Gasteiger partial charge in [0.25, 0.3) is 0 Å². The largest absolute Gasteiger partial charge is 0.612 e. The van der Waals surface area contributed by atoms with E-state index in [4.69, 9.17) is 0 Å². The minimum absolute atomic E-state index is 0.358. The van der Waals surface area contributed by atoms with Gasteiger partial charge < -0.3 is 4.55 Å². The topological polar surface area (TPSA) is 23.1 Å². The van der Waals surface area contributed by atoms with Gasteiger partial charge in [0.05, 0.1) is 0 Å². The Morgan fingerprint density at radius 1 is 1.33 bits per heavy atom. The van der Waals surface area contributed by atoms with Crippen LogP contribution in [0.5, 0.6) is 0 Å². The van der Waals surface area contributed by atoms with E-state index in [0.717, 1.165) is 4.90 Å². The molecule has 0 N–H and O–H groups in total. The van der Waals surface area contributed by atoms with Crippen LogP contribution in [0.15, 0.2) is 29.2 Å². The fraction of sp³-hybridized carbons (Fsp3) is 0.333. The van der Waals surface area contributed by atoms with Gasteiger partial charge in [-0.2, -0.15) is 0 Å². The van der Waals surface area contributed by atoms with Gasteiger partial charge in [-0.3, -0.25) is 0 Å². The van der Waals surface area contributed by atoms with Gasteiger partial charge in [-0.25, -0.2) is 0 Å². The maximum Gasteiger partial charge on any atom is 0.152 e. The van der Waals surface area contributed by atoms with Crippen LogP contribution in [0.25, 0.3) is 0 Å². The number of hydrogen-bond donors (Lipinski definition) is 0. The third-order valence-corrected chi connectivity index (χ3v) is 3.14. The van der Waals surface area contributed by atoms with Crippen LogP contribution in [-0.4, -0.2) is 10.8 Å². The van der Waals surface area contributed by atoms with E-state index in [1.807, 2.05) is 24.3 Å². The van der Waals surface area contributed by atoms with Crippen molar-refractivity contribution in [3.05, 3.63) is 29.8 Å². The molecule has 0 aliphatic rings. The van der Waals surface area contributed by atoms with E-state index >= 15 is 0 Å². The van der Waals surface area contributed by atoms with Crippen molar-refractivity contribution in [1.82, 2.24) is 0 Å². The van der Waals surface area contributed by atoms with Crippen molar-refractivity contribution in [2.24, 2.45) is 0 Å². The summed E-state index contributed by atoms with van der Waals surface area (Å²) in [4.78, 5) is 1.24. The molecule has 0 spiro atoms. The van der Waals surface area contributed by atoms with Gasteiger partial charge in [-0.05, 0) is 35.8 Å². The summed E-state index contributed by atoms with van der Waals surface area (Å²) in [6, 6.07) is 7.80. The summed E-state index contributed by atoms with van der Waals surface area (Å²) in [5, 5.41) is 0. The first-order valence-electron chi connectivity index (χ1n) is 3.68. The molecular weight excluding hydrogens is 236 g/mol. The summed E-state index contributed by atoms with van der Waals surface area (Å²) >= 11 is 2.60. The second-order valence-electron chi connectivity index (χ2n) is 2.64. The Bertz CT molecular complexity index is 216. The number of benzene rings is 1. The van der Waals surface area contributed by atoms with E-state index in [9.17, 15) is 4.55 Å². The molecule has 1 aromatic rings. The molecule has 1 nitrogen and oxygen atoms in total. The zero-order valence-electron chi connectivity index (χ0n) is 7.08. The second kappa shape index (κ2) is 4.30. The van der Waals surface area contributed by atoms with Gasteiger partial charge >= 0.3 is 0 Å². The summed E-state index contributed by atoms with van der Waals surface area (Å²) in [5.74, 6) is 0. The molecule has 0 radical (unpaired) electrons.